The number of aromatic nitrogens is 3. The maximum absolute atomic E-state index is 13.2. The Kier molecular flexibility index (Phi) is 31.2. The molecule has 2 aromatic heterocycles. The minimum absolute atomic E-state index is 0.151. The molecule has 0 bridgehead atoms. The van der Waals surface area contributed by atoms with Crippen molar-refractivity contribution in [3.63, 3.8) is 0 Å². The molecule has 4 heterocycles. The fourth-order valence-corrected chi connectivity index (χ4v) is 6.47. The number of ether oxygens (including phenoxy) is 10. The van der Waals surface area contributed by atoms with Gasteiger partial charge in [-0.2, -0.15) is 0 Å². The van der Waals surface area contributed by atoms with Gasteiger partial charge in [-0.25, -0.2) is 20.0 Å². The molecule has 0 atom stereocenters. The Balaban J connectivity index is 0.848. The van der Waals surface area contributed by atoms with Crippen molar-refractivity contribution >= 4 is 47.1 Å². The number of aliphatic imine (C=N–C) groups is 1. The van der Waals surface area contributed by atoms with Crippen LogP contribution >= 0.6 is 0 Å². The summed E-state index contributed by atoms with van der Waals surface area (Å²) < 4.78 is 54.8. The van der Waals surface area contributed by atoms with Gasteiger partial charge in [0, 0.05) is 73.4 Å². The van der Waals surface area contributed by atoms with Crippen LogP contribution in [0, 0.1) is 0 Å². The number of nitrogens with zero attached hydrogens (tertiary/aromatic N) is 6. The molecule has 4 N–H and O–H groups in total. The van der Waals surface area contributed by atoms with Gasteiger partial charge in [0.05, 0.1) is 157 Å². The Morgan fingerprint density at radius 1 is 0.635 bits per heavy atom. The van der Waals surface area contributed by atoms with Crippen molar-refractivity contribution in [2.75, 3.05) is 158 Å². The molecular formula is C49H73N9O16. The monoisotopic (exact) mass is 1040 g/mol. The van der Waals surface area contributed by atoms with Gasteiger partial charge in [0.25, 0.3) is 17.7 Å². The molecule has 0 unspecified atom stereocenters. The Labute approximate surface area is 431 Å². The molecule has 74 heavy (non-hydrogen) atoms. The highest BCUT2D eigenvalue weighted by Gasteiger charge is 2.26. The predicted molar refractivity (Wildman–Crippen MR) is 266 cm³/mol. The van der Waals surface area contributed by atoms with E-state index in [1.807, 2.05) is 13.8 Å². The SMILES string of the molecule is CCCN(OCC)C(=O)C1=Cc2cnc(-c3cnc(CNC(=O)CCOCCOCCOCCOCCOCCOCCOCCOCCOCCOCCNC(=O)CN4C(=O)C=CC4=O)nc3)cc2N=C(N)C1. The van der Waals surface area contributed by atoms with Crippen LogP contribution in [-0.2, 0) is 82.7 Å². The summed E-state index contributed by atoms with van der Waals surface area (Å²) in [6.45, 7) is 12.7. The molecule has 2 aromatic rings. The van der Waals surface area contributed by atoms with E-state index in [4.69, 9.17) is 57.9 Å². The first-order valence-corrected chi connectivity index (χ1v) is 24.8. The first-order valence-electron chi connectivity index (χ1n) is 24.8. The van der Waals surface area contributed by atoms with Crippen molar-refractivity contribution in [3.05, 3.63) is 53.8 Å². The second kappa shape index (κ2) is 37.9. The third-order valence-corrected chi connectivity index (χ3v) is 10.1. The van der Waals surface area contributed by atoms with Crippen LogP contribution < -0.4 is 16.4 Å². The van der Waals surface area contributed by atoms with E-state index >= 15 is 0 Å². The Bertz CT molecular complexity index is 2050. The summed E-state index contributed by atoms with van der Waals surface area (Å²) in [7, 11) is 0. The number of imide groups is 1. The smallest absolute Gasteiger partial charge is 0.273 e. The third-order valence-electron chi connectivity index (χ3n) is 10.1. The highest BCUT2D eigenvalue weighted by Crippen LogP contribution is 2.30. The number of carbonyl (C=O) groups excluding carboxylic acids is 5. The van der Waals surface area contributed by atoms with Crippen LogP contribution in [0.25, 0.3) is 17.3 Å². The van der Waals surface area contributed by atoms with E-state index < -0.39 is 17.7 Å². The van der Waals surface area contributed by atoms with Gasteiger partial charge in [-0.3, -0.25) is 38.7 Å². The summed E-state index contributed by atoms with van der Waals surface area (Å²) in [6.07, 6.45) is 10.00. The minimum atomic E-state index is -0.500. The number of carbonyl (C=O) groups is 5. The maximum atomic E-state index is 13.2. The lowest BCUT2D eigenvalue weighted by Gasteiger charge is -2.21. The zero-order chi connectivity index (χ0) is 52.9. The molecule has 25 nitrogen and oxygen atoms in total. The van der Waals surface area contributed by atoms with Crippen molar-refractivity contribution < 1.29 is 76.2 Å². The molecular weight excluding hydrogens is 971 g/mol. The predicted octanol–water partition coefficient (Wildman–Crippen LogP) is 0.718. The number of hydroxylamine groups is 2. The highest BCUT2D eigenvalue weighted by molar-refractivity contribution is 6.14. The van der Waals surface area contributed by atoms with Gasteiger partial charge < -0.3 is 63.7 Å². The van der Waals surface area contributed by atoms with E-state index in [0.29, 0.717) is 172 Å². The van der Waals surface area contributed by atoms with Gasteiger partial charge in [0.2, 0.25) is 11.8 Å². The van der Waals surface area contributed by atoms with Crippen molar-refractivity contribution in [3.8, 4) is 11.3 Å². The quantitative estimate of drug-likeness (QED) is 0.0468. The summed E-state index contributed by atoms with van der Waals surface area (Å²) in [5.74, 6) is -1.16. The Morgan fingerprint density at radius 3 is 1.61 bits per heavy atom. The van der Waals surface area contributed by atoms with Gasteiger partial charge >= 0.3 is 0 Å². The molecule has 410 valence electrons. The standard InChI is InChI=1S/C49H73N9O16/c1-3-9-58(74-4-2)49(63)38-30-39-33-52-41(32-42(39)56-43(50)31-38)40-34-53-44(54-35-40)36-55-45(59)7-10-64-12-14-66-16-18-68-20-22-70-24-26-72-28-29-73-27-25-71-23-21-69-19-17-67-15-13-65-11-8-51-46(60)37-57-47(61)5-6-48(57)62/h5-6,30,32-35H,3-4,7-29,31,36-37H2,1-2H3,(H2,50,56)(H,51,60)(H,55,59). The number of nitrogens with two attached hydrogens (primary N) is 1. The second-order valence-corrected chi connectivity index (χ2v) is 15.9. The lowest BCUT2D eigenvalue weighted by Crippen LogP contribution is -2.41. The number of amidine groups is 1. The fraction of sp³-hybridized carbons (Fsp3) is 0.612. The van der Waals surface area contributed by atoms with E-state index in [-0.39, 0.29) is 57.5 Å². The fourth-order valence-electron chi connectivity index (χ4n) is 6.47. The number of amides is 5. The van der Waals surface area contributed by atoms with Crippen molar-refractivity contribution in [2.24, 2.45) is 10.7 Å². The van der Waals surface area contributed by atoms with Gasteiger partial charge in [-0.1, -0.05) is 6.92 Å². The number of hydrogen-bond donors (Lipinski definition) is 3. The summed E-state index contributed by atoms with van der Waals surface area (Å²) in [5.41, 5.74) is 9.13. The van der Waals surface area contributed by atoms with Crippen LogP contribution in [-0.4, -0.2) is 219 Å². The van der Waals surface area contributed by atoms with E-state index in [9.17, 15) is 24.0 Å². The molecule has 0 aliphatic carbocycles. The van der Waals surface area contributed by atoms with Crippen molar-refractivity contribution in [2.45, 2.75) is 39.7 Å². The number of rotatable bonds is 43. The lowest BCUT2D eigenvalue weighted by molar-refractivity contribution is -0.180. The maximum Gasteiger partial charge on any atom is 0.273 e. The topological polar surface area (TPSA) is 294 Å². The zero-order valence-corrected chi connectivity index (χ0v) is 42.6. The van der Waals surface area contributed by atoms with Crippen LogP contribution in [0.3, 0.4) is 0 Å². The van der Waals surface area contributed by atoms with Crippen LogP contribution in [0.15, 0.2) is 47.4 Å². The van der Waals surface area contributed by atoms with Gasteiger partial charge in [0.15, 0.2) is 0 Å². The molecule has 0 saturated carbocycles. The first-order chi connectivity index (χ1) is 36.2. The Hall–Kier alpha value is -5.71. The molecule has 0 spiro atoms. The van der Waals surface area contributed by atoms with Gasteiger partial charge in [-0.15, -0.1) is 0 Å². The molecule has 0 fully saturated rings. The van der Waals surface area contributed by atoms with Crippen LogP contribution in [0.4, 0.5) is 5.69 Å². The highest BCUT2D eigenvalue weighted by atomic mass is 16.7. The molecule has 5 amide bonds. The summed E-state index contributed by atoms with van der Waals surface area (Å²) >= 11 is 0. The van der Waals surface area contributed by atoms with Crippen LogP contribution in [0.5, 0.6) is 0 Å². The van der Waals surface area contributed by atoms with Crippen LogP contribution in [0.1, 0.15) is 44.5 Å². The zero-order valence-electron chi connectivity index (χ0n) is 42.6. The third kappa shape index (κ3) is 25.5. The van der Waals surface area contributed by atoms with Crippen molar-refractivity contribution in [1.82, 2.24) is 35.5 Å². The second-order valence-electron chi connectivity index (χ2n) is 15.9. The van der Waals surface area contributed by atoms with Crippen molar-refractivity contribution in [1.29, 1.82) is 0 Å². The molecule has 4 rings (SSSR count). The Morgan fingerprint density at radius 2 is 1.12 bits per heavy atom. The van der Waals surface area contributed by atoms with E-state index in [2.05, 4.69) is 30.6 Å². The van der Waals surface area contributed by atoms with Crippen LogP contribution in [0.2, 0.25) is 0 Å². The largest absolute Gasteiger partial charge is 0.387 e. The van der Waals surface area contributed by atoms with E-state index in [1.54, 1.807) is 30.7 Å². The number of fused-ring (bicyclic) bond motifs is 1. The summed E-state index contributed by atoms with van der Waals surface area (Å²) in [4.78, 5) is 84.5. The van der Waals surface area contributed by atoms with Gasteiger partial charge in [-0.05, 0) is 25.5 Å². The molecule has 2 aliphatic rings. The molecule has 0 radical (unpaired) electrons. The average molecular weight is 1040 g/mol. The molecule has 0 aromatic carbocycles. The minimum Gasteiger partial charge on any atom is -0.387 e. The molecule has 25 heteroatoms. The van der Waals surface area contributed by atoms with E-state index in [0.717, 1.165) is 23.5 Å². The average Bonchev–Trinajstić information content (AvgIpc) is 3.60. The molecule has 0 saturated heterocycles. The first kappa shape index (κ1) is 60.8. The number of pyridine rings is 1. The lowest BCUT2D eigenvalue weighted by atomic mass is 10.1. The summed E-state index contributed by atoms with van der Waals surface area (Å²) in [6, 6.07) is 1.77. The number of hydrogen-bond acceptors (Lipinski definition) is 21. The molecule has 2 aliphatic heterocycles. The normalized spacial score (nSPS) is 13.2. The van der Waals surface area contributed by atoms with Gasteiger partial charge in [0.1, 0.15) is 18.2 Å². The summed E-state index contributed by atoms with van der Waals surface area (Å²) in [5, 5.41) is 6.74. The number of nitrogens with one attached hydrogen (secondary N) is 2. The van der Waals surface area contributed by atoms with E-state index in [1.165, 1.54) is 5.06 Å².